The van der Waals surface area contributed by atoms with Gasteiger partial charge < -0.3 is 15.4 Å². The Labute approximate surface area is 131 Å². The van der Waals surface area contributed by atoms with Crippen LogP contribution >= 0.6 is 0 Å². The smallest absolute Gasteiger partial charge is 0.226 e. The Morgan fingerprint density at radius 3 is 2.59 bits per heavy atom. The molecule has 0 bridgehead atoms. The number of methoxy groups -OCH3 is 1. The normalized spacial score (nSPS) is 15.6. The van der Waals surface area contributed by atoms with Gasteiger partial charge in [-0.05, 0) is 42.9 Å². The van der Waals surface area contributed by atoms with Gasteiger partial charge in [0.15, 0.2) is 0 Å². The molecule has 1 saturated heterocycles. The number of likely N-dealkylation sites (tertiary alicyclic amines) is 1. The molecule has 0 spiro atoms. The topological polar surface area (TPSA) is 72.6 Å². The summed E-state index contributed by atoms with van der Waals surface area (Å²) in [7, 11) is 1.64. The molecule has 1 fully saturated rings. The third-order valence-corrected chi connectivity index (χ3v) is 4.28. The second-order valence-electron chi connectivity index (χ2n) is 5.98. The standard InChI is InChI=1S/C17H24N2O3/c1-12-3-4-14(9-15(12)22-2)11-17(21)19-7-5-13(6-8-19)10-16(18)20/h3-4,9,13H,5-8,10-11H2,1-2H3,(H2,18,20). The summed E-state index contributed by atoms with van der Waals surface area (Å²) in [5.41, 5.74) is 7.25. The molecular weight excluding hydrogens is 280 g/mol. The predicted molar refractivity (Wildman–Crippen MR) is 84.6 cm³/mol. The maximum Gasteiger partial charge on any atom is 0.226 e. The molecule has 5 heteroatoms. The Morgan fingerprint density at radius 1 is 1.32 bits per heavy atom. The number of nitrogens with two attached hydrogens (primary N) is 1. The number of carbonyl (C=O) groups excluding carboxylic acids is 2. The zero-order chi connectivity index (χ0) is 16.1. The highest BCUT2D eigenvalue weighted by Crippen LogP contribution is 2.22. The lowest BCUT2D eigenvalue weighted by Crippen LogP contribution is -2.40. The Hall–Kier alpha value is -2.04. The Morgan fingerprint density at radius 2 is 2.00 bits per heavy atom. The third kappa shape index (κ3) is 4.23. The largest absolute Gasteiger partial charge is 0.496 e. The average molecular weight is 304 g/mol. The highest BCUT2D eigenvalue weighted by atomic mass is 16.5. The van der Waals surface area contributed by atoms with E-state index in [-0.39, 0.29) is 11.8 Å². The number of piperidine rings is 1. The van der Waals surface area contributed by atoms with Crippen molar-refractivity contribution < 1.29 is 14.3 Å². The summed E-state index contributed by atoms with van der Waals surface area (Å²) in [4.78, 5) is 25.2. The van der Waals surface area contributed by atoms with Gasteiger partial charge in [0, 0.05) is 19.5 Å². The molecule has 0 aromatic heterocycles. The maximum atomic E-state index is 12.4. The molecule has 0 aliphatic carbocycles. The first-order valence-electron chi connectivity index (χ1n) is 7.69. The number of primary amides is 1. The van der Waals surface area contributed by atoms with Crippen LogP contribution in [0.25, 0.3) is 0 Å². The zero-order valence-corrected chi connectivity index (χ0v) is 13.3. The number of ether oxygens (including phenoxy) is 1. The number of amides is 2. The van der Waals surface area contributed by atoms with E-state index in [0.717, 1.165) is 29.7 Å². The Kier molecular flexibility index (Phi) is 5.41. The summed E-state index contributed by atoms with van der Waals surface area (Å²) < 4.78 is 5.30. The van der Waals surface area contributed by atoms with Gasteiger partial charge in [-0.15, -0.1) is 0 Å². The van der Waals surface area contributed by atoms with Crippen LogP contribution in [0, 0.1) is 12.8 Å². The van der Waals surface area contributed by atoms with Crippen molar-refractivity contribution in [3.63, 3.8) is 0 Å². The molecule has 1 aliphatic heterocycles. The van der Waals surface area contributed by atoms with Gasteiger partial charge in [0.2, 0.25) is 11.8 Å². The van der Waals surface area contributed by atoms with Crippen molar-refractivity contribution in [1.29, 1.82) is 0 Å². The highest BCUT2D eigenvalue weighted by molar-refractivity contribution is 5.79. The molecule has 1 aromatic carbocycles. The SMILES string of the molecule is COc1cc(CC(=O)N2CCC(CC(N)=O)CC2)ccc1C. The Balaban J connectivity index is 1.89. The molecule has 0 atom stereocenters. The lowest BCUT2D eigenvalue weighted by molar-refractivity contribution is -0.131. The molecule has 120 valence electrons. The number of aryl methyl sites for hydroxylation is 1. The van der Waals surface area contributed by atoms with E-state index in [0.29, 0.717) is 31.8 Å². The Bertz CT molecular complexity index is 549. The first kappa shape index (κ1) is 16.3. The van der Waals surface area contributed by atoms with E-state index in [1.54, 1.807) is 7.11 Å². The molecule has 2 N–H and O–H groups in total. The fraction of sp³-hybridized carbons (Fsp3) is 0.529. The van der Waals surface area contributed by atoms with Crippen molar-refractivity contribution in [2.24, 2.45) is 11.7 Å². The van der Waals surface area contributed by atoms with Gasteiger partial charge in [-0.3, -0.25) is 9.59 Å². The van der Waals surface area contributed by atoms with E-state index in [1.165, 1.54) is 0 Å². The molecule has 1 aromatic rings. The number of rotatable bonds is 5. The summed E-state index contributed by atoms with van der Waals surface area (Å²) in [6, 6.07) is 5.86. The fourth-order valence-electron chi connectivity index (χ4n) is 2.93. The second-order valence-corrected chi connectivity index (χ2v) is 5.98. The molecular formula is C17H24N2O3. The van der Waals surface area contributed by atoms with Crippen molar-refractivity contribution in [2.75, 3.05) is 20.2 Å². The first-order valence-corrected chi connectivity index (χ1v) is 7.69. The van der Waals surface area contributed by atoms with Crippen LogP contribution in [0.1, 0.15) is 30.4 Å². The monoisotopic (exact) mass is 304 g/mol. The van der Waals surface area contributed by atoms with Crippen LogP contribution in [0.3, 0.4) is 0 Å². The van der Waals surface area contributed by atoms with E-state index < -0.39 is 0 Å². The van der Waals surface area contributed by atoms with Crippen LogP contribution in [-0.4, -0.2) is 36.9 Å². The summed E-state index contributed by atoms with van der Waals surface area (Å²) in [5.74, 6) is 1.01. The molecule has 1 aliphatic rings. The van der Waals surface area contributed by atoms with E-state index in [4.69, 9.17) is 10.5 Å². The minimum atomic E-state index is -0.253. The van der Waals surface area contributed by atoms with E-state index in [1.807, 2.05) is 30.0 Å². The van der Waals surface area contributed by atoms with Crippen LogP contribution in [-0.2, 0) is 16.0 Å². The van der Waals surface area contributed by atoms with Crippen LogP contribution in [0.2, 0.25) is 0 Å². The maximum absolute atomic E-state index is 12.4. The quantitative estimate of drug-likeness (QED) is 0.899. The van der Waals surface area contributed by atoms with Crippen LogP contribution < -0.4 is 10.5 Å². The molecule has 0 unspecified atom stereocenters. The molecule has 22 heavy (non-hydrogen) atoms. The number of nitrogens with zero attached hydrogens (tertiary/aromatic N) is 1. The highest BCUT2D eigenvalue weighted by Gasteiger charge is 2.23. The lowest BCUT2D eigenvalue weighted by Gasteiger charge is -2.31. The summed E-state index contributed by atoms with van der Waals surface area (Å²) in [6.45, 7) is 3.40. The van der Waals surface area contributed by atoms with Crippen molar-refractivity contribution in [3.8, 4) is 5.75 Å². The summed E-state index contributed by atoms with van der Waals surface area (Å²) in [6.07, 6.45) is 2.52. The minimum absolute atomic E-state index is 0.128. The van der Waals surface area contributed by atoms with Crippen LogP contribution in [0.5, 0.6) is 5.75 Å². The van der Waals surface area contributed by atoms with Crippen molar-refractivity contribution in [1.82, 2.24) is 4.90 Å². The number of benzene rings is 1. The van der Waals surface area contributed by atoms with Crippen molar-refractivity contribution >= 4 is 11.8 Å². The lowest BCUT2D eigenvalue weighted by atomic mass is 9.93. The van der Waals surface area contributed by atoms with E-state index >= 15 is 0 Å². The number of hydrogen-bond acceptors (Lipinski definition) is 3. The van der Waals surface area contributed by atoms with Gasteiger partial charge in [-0.1, -0.05) is 12.1 Å². The first-order chi connectivity index (χ1) is 10.5. The van der Waals surface area contributed by atoms with Crippen LogP contribution in [0.4, 0.5) is 0 Å². The molecule has 2 rings (SSSR count). The predicted octanol–water partition coefficient (Wildman–Crippen LogP) is 1.66. The minimum Gasteiger partial charge on any atom is -0.496 e. The molecule has 5 nitrogen and oxygen atoms in total. The summed E-state index contributed by atoms with van der Waals surface area (Å²) >= 11 is 0. The number of carbonyl (C=O) groups is 2. The van der Waals surface area contributed by atoms with Gasteiger partial charge in [0.1, 0.15) is 5.75 Å². The van der Waals surface area contributed by atoms with E-state index in [9.17, 15) is 9.59 Å². The summed E-state index contributed by atoms with van der Waals surface area (Å²) in [5, 5.41) is 0. The van der Waals surface area contributed by atoms with Gasteiger partial charge in [0.25, 0.3) is 0 Å². The second kappa shape index (κ2) is 7.29. The molecule has 2 amide bonds. The zero-order valence-electron chi connectivity index (χ0n) is 13.3. The number of hydrogen-bond donors (Lipinski definition) is 1. The fourth-order valence-corrected chi connectivity index (χ4v) is 2.93. The van der Waals surface area contributed by atoms with Crippen molar-refractivity contribution in [2.45, 2.75) is 32.6 Å². The van der Waals surface area contributed by atoms with Gasteiger partial charge in [0.05, 0.1) is 13.5 Å². The molecule has 1 heterocycles. The molecule has 0 saturated carbocycles. The average Bonchev–Trinajstić information content (AvgIpc) is 2.49. The van der Waals surface area contributed by atoms with E-state index in [2.05, 4.69) is 0 Å². The van der Waals surface area contributed by atoms with Crippen molar-refractivity contribution in [3.05, 3.63) is 29.3 Å². The van der Waals surface area contributed by atoms with Gasteiger partial charge in [-0.2, -0.15) is 0 Å². The third-order valence-electron chi connectivity index (χ3n) is 4.28. The van der Waals surface area contributed by atoms with Gasteiger partial charge >= 0.3 is 0 Å². The molecule has 0 radical (unpaired) electrons. The van der Waals surface area contributed by atoms with Crippen LogP contribution in [0.15, 0.2) is 18.2 Å². The van der Waals surface area contributed by atoms with Gasteiger partial charge in [-0.25, -0.2) is 0 Å².